The number of carboxylic acids is 1. The monoisotopic (exact) mass is 918 g/mol. The molecule has 0 aliphatic carbocycles. The quantitative estimate of drug-likeness (QED) is 0.0195. The number of esters is 2. The zero-order valence-corrected chi connectivity index (χ0v) is 42.0. The highest BCUT2D eigenvalue weighted by Crippen LogP contribution is 2.11. The summed E-state index contributed by atoms with van der Waals surface area (Å²) in [6.07, 6.45) is 62.8. The number of carboxylic acid groups (broad SMARTS) is 1. The molecule has 66 heavy (non-hydrogen) atoms. The number of carbonyl (C=O) groups is 3. The third-order valence-corrected chi connectivity index (χ3v) is 9.97. The highest BCUT2D eigenvalue weighted by atomic mass is 16.7. The minimum Gasteiger partial charge on any atom is -0.545 e. The zero-order chi connectivity index (χ0) is 48.4. The number of aliphatic carboxylic acids is 1. The average Bonchev–Trinajstić information content (AvgIpc) is 3.28. The minimum absolute atomic E-state index is 0.136. The summed E-state index contributed by atoms with van der Waals surface area (Å²) in [5, 5.41) is 11.7. The van der Waals surface area contributed by atoms with Crippen LogP contribution in [-0.2, 0) is 33.3 Å². The third kappa shape index (κ3) is 47.6. The second-order valence-corrected chi connectivity index (χ2v) is 17.4. The zero-order valence-electron chi connectivity index (χ0n) is 42.0. The molecule has 0 N–H and O–H groups in total. The van der Waals surface area contributed by atoms with Crippen molar-refractivity contribution < 1.29 is 42.9 Å². The maximum absolute atomic E-state index is 12.7. The molecule has 0 aromatic heterocycles. The number of likely N-dealkylation sites (N-methyl/N-ethyl adjacent to an activating group) is 1. The van der Waals surface area contributed by atoms with Crippen LogP contribution in [0.2, 0.25) is 0 Å². The molecule has 0 aliphatic rings. The van der Waals surface area contributed by atoms with Crippen molar-refractivity contribution >= 4 is 17.9 Å². The Hall–Kier alpha value is -4.31. The summed E-state index contributed by atoms with van der Waals surface area (Å²) in [5.74, 6) is -2.35. The second-order valence-electron chi connectivity index (χ2n) is 17.4. The van der Waals surface area contributed by atoms with Gasteiger partial charge in [0.2, 0.25) is 0 Å². The fraction of sp³-hybridized carbons (Fsp3) is 0.596. The molecule has 0 aromatic carbocycles. The standard InChI is InChI=1S/C57H91NO8/c1-6-8-10-12-14-15-16-17-18-19-20-21-22-23-24-25-26-27-28-29-30-31-32-33-34-35-36-37-38-39-40-41-42-44-46-48-55(60)66-53(51-64-54(59)47-45-43-13-11-9-7-2)52-65-57(56(61)62)63-50-49-58(3,4)5/h8,10,14-15,17-18,20-21,23-24,26-27,29-30,32-33,35-36,38-39,53,57H,6-7,9,11-13,16,19,22,25,28,31,34,37,40-52H2,1-5H3/b10-8-,15-14-,18-17-,21-20-,24-23-,27-26-,30-29-,33-32-,36-35-,39-38-. The van der Waals surface area contributed by atoms with Gasteiger partial charge in [-0.15, -0.1) is 0 Å². The first-order valence-electron chi connectivity index (χ1n) is 25.2. The van der Waals surface area contributed by atoms with E-state index in [0.29, 0.717) is 17.4 Å². The van der Waals surface area contributed by atoms with Gasteiger partial charge in [-0.25, -0.2) is 0 Å². The molecule has 0 aliphatic heterocycles. The molecule has 2 unspecified atom stereocenters. The Morgan fingerprint density at radius 3 is 1.29 bits per heavy atom. The van der Waals surface area contributed by atoms with Crippen molar-refractivity contribution in [3.8, 4) is 0 Å². The average molecular weight is 918 g/mol. The number of allylic oxidation sites excluding steroid dienone is 20. The minimum atomic E-state index is -1.63. The molecule has 9 nitrogen and oxygen atoms in total. The van der Waals surface area contributed by atoms with E-state index < -0.39 is 24.3 Å². The Kier molecular flexibility index (Phi) is 44.1. The summed E-state index contributed by atoms with van der Waals surface area (Å²) in [4.78, 5) is 36.8. The van der Waals surface area contributed by atoms with E-state index in [1.807, 2.05) is 21.1 Å². The number of hydrogen-bond donors (Lipinski definition) is 0. The molecule has 0 aromatic rings. The van der Waals surface area contributed by atoms with Crippen LogP contribution in [0.5, 0.6) is 0 Å². The first-order valence-corrected chi connectivity index (χ1v) is 25.2. The van der Waals surface area contributed by atoms with E-state index in [4.69, 9.17) is 18.9 Å². The van der Waals surface area contributed by atoms with Gasteiger partial charge in [-0.1, -0.05) is 180 Å². The topological polar surface area (TPSA) is 111 Å². The summed E-state index contributed by atoms with van der Waals surface area (Å²) in [6.45, 7) is 4.49. The molecule has 0 saturated carbocycles. The highest BCUT2D eigenvalue weighted by Gasteiger charge is 2.21. The number of carbonyl (C=O) groups excluding carboxylic acids is 3. The first-order chi connectivity index (χ1) is 32.1. The molecule has 9 heteroatoms. The van der Waals surface area contributed by atoms with Crippen LogP contribution in [0.3, 0.4) is 0 Å². The number of quaternary nitrogens is 1. The number of ether oxygens (including phenoxy) is 4. The van der Waals surface area contributed by atoms with E-state index in [2.05, 4.69) is 135 Å². The van der Waals surface area contributed by atoms with Crippen molar-refractivity contribution in [2.24, 2.45) is 0 Å². The molecule has 372 valence electrons. The number of hydrogen-bond acceptors (Lipinski definition) is 8. The molecule has 0 rings (SSSR count). The van der Waals surface area contributed by atoms with Gasteiger partial charge < -0.3 is 33.3 Å². The molecule has 0 saturated heterocycles. The van der Waals surface area contributed by atoms with Crippen LogP contribution in [0.4, 0.5) is 0 Å². The van der Waals surface area contributed by atoms with Crippen LogP contribution in [0, 0.1) is 0 Å². The Morgan fingerprint density at radius 2 is 0.864 bits per heavy atom. The van der Waals surface area contributed by atoms with E-state index in [-0.39, 0.29) is 38.6 Å². The van der Waals surface area contributed by atoms with Gasteiger partial charge in [0.25, 0.3) is 0 Å². The molecule has 0 fully saturated rings. The Balaban J connectivity index is 4.21. The fourth-order valence-corrected chi connectivity index (χ4v) is 6.09. The molecular formula is C57H91NO8. The molecular weight excluding hydrogens is 827 g/mol. The van der Waals surface area contributed by atoms with E-state index in [1.54, 1.807) is 0 Å². The van der Waals surface area contributed by atoms with Gasteiger partial charge in [-0.2, -0.15) is 0 Å². The van der Waals surface area contributed by atoms with Crippen molar-refractivity contribution in [1.29, 1.82) is 0 Å². The van der Waals surface area contributed by atoms with Gasteiger partial charge in [-0.05, 0) is 89.9 Å². The van der Waals surface area contributed by atoms with Crippen molar-refractivity contribution in [3.63, 3.8) is 0 Å². The van der Waals surface area contributed by atoms with Gasteiger partial charge in [0.15, 0.2) is 12.4 Å². The molecule has 2 atom stereocenters. The van der Waals surface area contributed by atoms with Gasteiger partial charge >= 0.3 is 11.9 Å². The van der Waals surface area contributed by atoms with E-state index in [0.717, 1.165) is 122 Å². The van der Waals surface area contributed by atoms with E-state index in [9.17, 15) is 19.5 Å². The maximum Gasteiger partial charge on any atom is 0.306 e. The fourth-order valence-electron chi connectivity index (χ4n) is 6.09. The number of nitrogens with zero attached hydrogens (tertiary/aromatic N) is 1. The lowest BCUT2D eigenvalue weighted by Gasteiger charge is -2.26. The lowest BCUT2D eigenvalue weighted by Crippen LogP contribution is -2.44. The molecule has 0 spiro atoms. The van der Waals surface area contributed by atoms with E-state index in [1.165, 1.54) is 6.42 Å². The first kappa shape index (κ1) is 61.7. The lowest BCUT2D eigenvalue weighted by atomic mass is 10.1. The van der Waals surface area contributed by atoms with Gasteiger partial charge in [0.05, 0.1) is 40.3 Å². The smallest absolute Gasteiger partial charge is 0.306 e. The highest BCUT2D eigenvalue weighted by molar-refractivity contribution is 5.70. The second kappa shape index (κ2) is 47.2. The van der Waals surface area contributed by atoms with Crippen LogP contribution >= 0.6 is 0 Å². The Bertz CT molecular complexity index is 1490. The summed E-state index contributed by atoms with van der Waals surface area (Å²) >= 11 is 0. The summed E-state index contributed by atoms with van der Waals surface area (Å²) in [6, 6.07) is 0. The number of unbranched alkanes of at least 4 members (excludes halogenated alkanes) is 9. The maximum atomic E-state index is 12.7. The van der Waals surface area contributed by atoms with Gasteiger partial charge in [0, 0.05) is 12.8 Å². The summed E-state index contributed by atoms with van der Waals surface area (Å²) in [7, 11) is 5.88. The molecule has 0 heterocycles. The van der Waals surface area contributed by atoms with Crippen molar-refractivity contribution in [1.82, 2.24) is 0 Å². The third-order valence-electron chi connectivity index (χ3n) is 9.97. The lowest BCUT2D eigenvalue weighted by molar-refractivity contribution is -0.870. The van der Waals surface area contributed by atoms with Gasteiger partial charge in [0.1, 0.15) is 13.2 Å². The van der Waals surface area contributed by atoms with Gasteiger partial charge in [-0.3, -0.25) is 9.59 Å². The van der Waals surface area contributed by atoms with Crippen molar-refractivity contribution in [3.05, 3.63) is 122 Å². The van der Waals surface area contributed by atoms with Crippen molar-refractivity contribution in [2.75, 3.05) is 47.5 Å². The largest absolute Gasteiger partial charge is 0.545 e. The summed E-state index contributed by atoms with van der Waals surface area (Å²) in [5.41, 5.74) is 0. The molecule has 0 bridgehead atoms. The predicted molar refractivity (Wildman–Crippen MR) is 273 cm³/mol. The Morgan fingerprint density at radius 1 is 0.470 bits per heavy atom. The molecule has 0 radical (unpaired) electrons. The van der Waals surface area contributed by atoms with Crippen molar-refractivity contribution in [2.45, 2.75) is 174 Å². The van der Waals surface area contributed by atoms with Crippen LogP contribution in [-0.4, -0.2) is 82.3 Å². The van der Waals surface area contributed by atoms with Crippen LogP contribution in [0.15, 0.2) is 122 Å². The number of rotatable bonds is 44. The van der Waals surface area contributed by atoms with Crippen LogP contribution in [0.25, 0.3) is 0 Å². The van der Waals surface area contributed by atoms with Crippen LogP contribution < -0.4 is 5.11 Å². The summed E-state index contributed by atoms with van der Waals surface area (Å²) < 4.78 is 22.4. The molecule has 0 amide bonds. The SMILES string of the molecule is CC/C=C\C/C=C\C/C=C\C/C=C\C/C=C\C/C=C\C/C=C\C/C=C\C/C=C\C/C=C\CCCCCCC(=O)OC(COC(=O)CCCCCCCC)COC(OCC[N+](C)(C)C)C(=O)[O-]. The normalized spacial score (nSPS) is 13.9. The predicted octanol–water partition coefficient (Wildman–Crippen LogP) is 12.8. The van der Waals surface area contributed by atoms with E-state index >= 15 is 0 Å². The Labute approximate surface area is 402 Å². The van der Waals surface area contributed by atoms with Crippen LogP contribution in [0.1, 0.15) is 162 Å².